The Balaban J connectivity index is 1.19. The average Bonchev–Trinajstić information content (AvgIpc) is 3.79. The first-order chi connectivity index (χ1) is 21.8. The molecule has 246 valence electrons. The number of halogens is 2. The number of nitrogens with two attached hydrogens (primary N) is 1. The zero-order chi connectivity index (χ0) is 31.1. The van der Waals surface area contributed by atoms with E-state index in [2.05, 4.69) is 49.9 Å². The van der Waals surface area contributed by atoms with E-state index in [0.29, 0.717) is 12.1 Å². The van der Waals surface area contributed by atoms with E-state index in [4.69, 9.17) is 33.9 Å². The fraction of sp³-hybridized carbons (Fsp3) is 0.697. The topological polar surface area (TPSA) is 71.7 Å². The van der Waals surface area contributed by atoms with E-state index >= 15 is 0 Å². The van der Waals surface area contributed by atoms with Crippen LogP contribution in [0.4, 0.5) is 0 Å². The molecule has 4 unspecified atom stereocenters. The van der Waals surface area contributed by atoms with Gasteiger partial charge in [0.1, 0.15) is 5.71 Å². The van der Waals surface area contributed by atoms with Crippen molar-refractivity contribution >= 4 is 57.9 Å². The van der Waals surface area contributed by atoms with E-state index < -0.39 is 4.33 Å². The number of thioether (sulfide) groups is 1. The number of likely N-dealkylation sites (tertiary alicyclic amines) is 2. The summed E-state index contributed by atoms with van der Waals surface area (Å²) in [5.74, 6) is -0.210. The van der Waals surface area contributed by atoms with Crippen LogP contribution in [-0.2, 0) is 4.79 Å². The van der Waals surface area contributed by atoms with Gasteiger partial charge in [-0.05, 0) is 63.8 Å². The third-order valence-corrected chi connectivity index (χ3v) is 14.2. The lowest BCUT2D eigenvalue weighted by Crippen LogP contribution is -2.68. The van der Waals surface area contributed by atoms with Gasteiger partial charge in [-0.25, -0.2) is 4.99 Å². The molecular weight excluding hydrogens is 645 g/mol. The average molecular weight is 693 g/mol. The summed E-state index contributed by atoms with van der Waals surface area (Å²) < 4.78 is -0.845. The minimum absolute atomic E-state index is 0.0413. The molecule has 0 radical (unpaired) electrons. The molecule has 7 rings (SSSR count). The number of amides is 1. The van der Waals surface area contributed by atoms with E-state index in [9.17, 15) is 4.79 Å². The van der Waals surface area contributed by atoms with Crippen molar-refractivity contribution < 1.29 is 4.79 Å². The molecule has 1 aromatic rings. The maximum Gasteiger partial charge on any atom is 0.220 e. The lowest BCUT2D eigenvalue weighted by Gasteiger charge is -2.54. The summed E-state index contributed by atoms with van der Waals surface area (Å²) in [5, 5.41) is 2.71. The van der Waals surface area contributed by atoms with E-state index in [1.54, 1.807) is 23.1 Å². The van der Waals surface area contributed by atoms with Crippen molar-refractivity contribution in [2.45, 2.75) is 85.9 Å². The van der Waals surface area contributed by atoms with Crippen LogP contribution in [0.1, 0.15) is 62.7 Å². The molecule has 6 aliphatic rings. The molecule has 0 bridgehead atoms. The second-order valence-electron chi connectivity index (χ2n) is 13.7. The normalized spacial score (nSPS) is 33.6. The Morgan fingerprint density at radius 2 is 1.82 bits per heavy atom. The van der Waals surface area contributed by atoms with Crippen LogP contribution >= 0.6 is 46.3 Å². The summed E-state index contributed by atoms with van der Waals surface area (Å²) in [5.41, 5.74) is 7.89. The van der Waals surface area contributed by atoms with Crippen molar-refractivity contribution in [2.24, 2.45) is 16.6 Å². The molecule has 1 aliphatic carbocycles. The fourth-order valence-electron chi connectivity index (χ4n) is 8.38. The van der Waals surface area contributed by atoms with Crippen molar-refractivity contribution in [3.63, 3.8) is 0 Å². The number of nitrogens with zero attached hydrogens (tertiary/aromatic N) is 6. The highest BCUT2D eigenvalue weighted by Gasteiger charge is 2.54. The lowest BCUT2D eigenvalue weighted by molar-refractivity contribution is -0.124. The molecule has 6 heterocycles. The summed E-state index contributed by atoms with van der Waals surface area (Å²) in [7, 11) is 2.23. The van der Waals surface area contributed by atoms with Crippen molar-refractivity contribution in [2.75, 3.05) is 52.9 Å². The fourth-order valence-corrected chi connectivity index (χ4v) is 11.6. The third-order valence-electron chi connectivity index (χ3n) is 10.9. The summed E-state index contributed by atoms with van der Waals surface area (Å²) in [6, 6.07) is 3.13. The first-order valence-electron chi connectivity index (χ1n) is 16.9. The number of piperazine rings is 1. The van der Waals surface area contributed by atoms with Gasteiger partial charge < -0.3 is 10.6 Å². The number of aliphatic imine (C=N–C) groups is 1. The molecule has 12 heteroatoms. The van der Waals surface area contributed by atoms with Gasteiger partial charge in [0.25, 0.3) is 0 Å². The van der Waals surface area contributed by atoms with Crippen LogP contribution in [0.2, 0.25) is 5.02 Å². The van der Waals surface area contributed by atoms with Gasteiger partial charge in [-0.3, -0.25) is 24.4 Å². The van der Waals surface area contributed by atoms with Gasteiger partial charge in [0.2, 0.25) is 5.91 Å². The number of alkyl halides is 1. The Morgan fingerprint density at radius 3 is 2.51 bits per heavy atom. The van der Waals surface area contributed by atoms with Gasteiger partial charge in [-0.2, -0.15) is 0 Å². The molecule has 0 spiro atoms. The quantitative estimate of drug-likeness (QED) is 0.302. The predicted molar refractivity (Wildman–Crippen MR) is 188 cm³/mol. The Morgan fingerprint density at radius 1 is 1.02 bits per heavy atom. The minimum atomic E-state index is -0.845. The highest BCUT2D eigenvalue weighted by molar-refractivity contribution is 8.03. The van der Waals surface area contributed by atoms with E-state index in [0.717, 1.165) is 74.3 Å². The molecule has 0 aromatic carbocycles. The molecule has 8 nitrogen and oxygen atoms in total. The number of hydrogen-bond acceptors (Lipinski definition) is 9. The third kappa shape index (κ3) is 6.64. The summed E-state index contributed by atoms with van der Waals surface area (Å²) >= 11 is 17.9. The van der Waals surface area contributed by atoms with Gasteiger partial charge in [-0.1, -0.05) is 66.4 Å². The molecule has 1 amide bonds. The van der Waals surface area contributed by atoms with E-state index in [1.807, 2.05) is 11.4 Å². The smallest absolute Gasteiger partial charge is 0.220 e. The van der Waals surface area contributed by atoms with E-state index in [-0.39, 0.29) is 23.5 Å². The number of primary amides is 1. The largest absolute Gasteiger partial charge is 0.369 e. The second kappa shape index (κ2) is 13.8. The standard InChI is InChI=1S/C33H47Cl2N7OS2/c1-38-13-6-10-27(38)24-7-5-14-41(20-24)32-37-30(28-19-25(34)22-44-28)33(35,45-32)42-18-17-40(26-8-3-2-4-9-26)21-29(42)39-15-11-23(12-16-39)31(36)43/h5,7,19-20,22-23,26-27,29,32H,2-4,6,8-18,21H2,1H3,(H2,36,43). The van der Waals surface area contributed by atoms with Crippen molar-refractivity contribution in [3.05, 3.63) is 45.3 Å². The number of thiophene rings is 1. The predicted octanol–water partition coefficient (Wildman–Crippen LogP) is 5.44. The SMILES string of the molecule is CN1CCCC1C1=CN(C2N=C(c3cc(Cl)cs3)C(Cl)(N3CCN(C4CCCCC4)CC3N3CCC(C(N)=O)CC3)S2)CC=C1. The molecule has 4 atom stereocenters. The maximum absolute atomic E-state index is 12.1. The molecule has 5 aliphatic heterocycles. The van der Waals surface area contributed by atoms with Gasteiger partial charge in [0.15, 0.2) is 9.83 Å². The summed E-state index contributed by atoms with van der Waals surface area (Å²) in [6.45, 7) is 6.48. The zero-order valence-corrected chi connectivity index (χ0v) is 29.5. The van der Waals surface area contributed by atoms with E-state index in [1.165, 1.54) is 50.5 Å². The minimum Gasteiger partial charge on any atom is -0.369 e. The van der Waals surface area contributed by atoms with Crippen LogP contribution in [-0.4, -0.2) is 117 Å². The Labute approximate surface area is 286 Å². The highest BCUT2D eigenvalue weighted by atomic mass is 35.5. The van der Waals surface area contributed by atoms with Crippen LogP contribution in [0.5, 0.6) is 0 Å². The molecule has 4 fully saturated rings. The van der Waals surface area contributed by atoms with Crippen LogP contribution < -0.4 is 5.73 Å². The molecule has 45 heavy (non-hydrogen) atoms. The monoisotopic (exact) mass is 691 g/mol. The highest BCUT2D eigenvalue weighted by Crippen LogP contribution is 2.50. The number of carbonyl (C=O) groups is 1. The second-order valence-corrected chi connectivity index (χ2v) is 17.0. The Hall–Kier alpha value is -1.11. The first-order valence-corrected chi connectivity index (χ1v) is 19.4. The number of hydrogen-bond donors (Lipinski definition) is 1. The Kier molecular flexibility index (Phi) is 9.94. The molecule has 1 aromatic heterocycles. The summed E-state index contributed by atoms with van der Waals surface area (Å²) in [4.78, 5) is 31.2. The number of carbonyl (C=O) groups excluding carboxylic acids is 1. The summed E-state index contributed by atoms with van der Waals surface area (Å²) in [6.07, 6.45) is 17.6. The lowest BCUT2D eigenvalue weighted by atomic mass is 9.92. The number of rotatable bonds is 7. The van der Waals surface area contributed by atoms with Crippen molar-refractivity contribution in [1.29, 1.82) is 0 Å². The van der Waals surface area contributed by atoms with Crippen molar-refractivity contribution in [1.82, 2.24) is 24.5 Å². The zero-order valence-electron chi connectivity index (χ0n) is 26.3. The Bertz CT molecular complexity index is 1320. The van der Waals surface area contributed by atoms with Crippen molar-refractivity contribution in [3.8, 4) is 0 Å². The van der Waals surface area contributed by atoms with Gasteiger partial charge >= 0.3 is 0 Å². The molecule has 2 N–H and O–H groups in total. The van der Waals surface area contributed by atoms with Crippen LogP contribution in [0, 0.1) is 5.92 Å². The molecule has 1 saturated carbocycles. The molecular formula is C33H47Cl2N7OS2. The van der Waals surface area contributed by atoms with Gasteiger partial charge in [0, 0.05) is 68.9 Å². The maximum atomic E-state index is 12.1. The van der Waals surface area contributed by atoms with Crippen LogP contribution in [0.3, 0.4) is 0 Å². The van der Waals surface area contributed by atoms with Gasteiger partial charge in [0.05, 0.1) is 16.1 Å². The number of piperidine rings is 1. The number of likely N-dealkylation sites (N-methyl/N-ethyl adjacent to an activating group) is 1. The van der Waals surface area contributed by atoms with Crippen LogP contribution in [0.25, 0.3) is 0 Å². The molecule has 3 saturated heterocycles. The van der Waals surface area contributed by atoms with Gasteiger partial charge in [-0.15, -0.1) is 11.3 Å². The van der Waals surface area contributed by atoms with Crippen LogP contribution in [0.15, 0.2) is 40.4 Å². The first kappa shape index (κ1) is 32.4.